The van der Waals surface area contributed by atoms with Crippen molar-refractivity contribution in [3.63, 3.8) is 0 Å². The van der Waals surface area contributed by atoms with Crippen LogP contribution in [-0.4, -0.2) is 6.18 Å². The molecule has 0 unspecified atom stereocenters. The van der Waals surface area contributed by atoms with Crippen molar-refractivity contribution in [2.75, 3.05) is 0 Å². The summed E-state index contributed by atoms with van der Waals surface area (Å²) in [5, 5.41) is 0. The molecule has 0 aromatic heterocycles. The highest BCUT2D eigenvalue weighted by Crippen LogP contribution is 2.26. The van der Waals surface area contributed by atoms with Crippen LogP contribution in [0.5, 0.6) is 0 Å². The Morgan fingerprint density at radius 3 is 2.08 bits per heavy atom. The molecule has 0 aromatic carbocycles. The fraction of sp³-hybridized carbons (Fsp3) is 0.778. The molecule has 70 valence electrons. The summed E-state index contributed by atoms with van der Waals surface area (Å²) in [6.07, 6.45) is 2.74. The Hall–Kier alpha value is -0.470. The summed E-state index contributed by atoms with van der Waals surface area (Å²) in [6.45, 7) is 0. The van der Waals surface area contributed by atoms with Gasteiger partial charge in [0.25, 0.3) is 0 Å². The van der Waals surface area contributed by atoms with Crippen LogP contribution in [0, 0.1) is 5.92 Å². The van der Waals surface area contributed by atoms with Crippen molar-refractivity contribution < 1.29 is 13.2 Å². The quantitative estimate of drug-likeness (QED) is 0.537. The van der Waals surface area contributed by atoms with Crippen LogP contribution < -0.4 is 0 Å². The molecule has 1 rings (SSSR count). The smallest absolute Gasteiger partial charge is 0.167 e. The second-order valence-corrected chi connectivity index (χ2v) is 3.30. The van der Waals surface area contributed by atoms with Crippen LogP contribution in [0.4, 0.5) is 13.2 Å². The Kier molecular flexibility index (Phi) is 3.18. The van der Waals surface area contributed by atoms with E-state index in [1.54, 1.807) is 0 Å². The lowest BCUT2D eigenvalue weighted by Gasteiger charge is -2.17. The van der Waals surface area contributed by atoms with Gasteiger partial charge in [-0.3, -0.25) is 0 Å². The predicted molar refractivity (Wildman–Crippen MR) is 41.8 cm³/mol. The standard InChI is InChI=1S/C9H13F3/c10-9(11,12)7-6-8-4-2-1-3-5-8/h6-8H,1-5H2/b7-6+. The van der Waals surface area contributed by atoms with Gasteiger partial charge in [0.15, 0.2) is 0 Å². The molecule has 12 heavy (non-hydrogen) atoms. The van der Waals surface area contributed by atoms with Crippen molar-refractivity contribution in [3.8, 4) is 0 Å². The van der Waals surface area contributed by atoms with Crippen molar-refractivity contribution in [3.05, 3.63) is 12.2 Å². The summed E-state index contributed by atoms with van der Waals surface area (Å²) in [4.78, 5) is 0. The molecule has 0 spiro atoms. The van der Waals surface area contributed by atoms with Crippen LogP contribution in [0.3, 0.4) is 0 Å². The molecule has 0 amide bonds. The van der Waals surface area contributed by atoms with Crippen molar-refractivity contribution >= 4 is 0 Å². The average molecular weight is 178 g/mol. The zero-order valence-electron chi connectivity index (χ0n) is 6.90. The van der Waals surface area contributed by atoms with Gasteiger partial charge in [0.2, 0.25) is 0 Å². The van der Waals surface area contributed by atoms with Crippen molar-refractivity contribution in [1.82, 2.24) is 0 Å². The maximum Gasteiger partial charge on any atom is 0.409 e. The third-order valence-corrected chi connectivity index (χ3v) is 2.21. The zero-order chi connectivity index (χ0) is 9.03. The van der Waals surface area contributed by atoms with Crippen LogP contribution in [-0.2, 0) is 0 Å². The second kappa shape index (κ2) is 3.97. The molecule has 3 heteroatoms. The number of halogens is 3. The molecule has 0 atom stereocenters. The molecule has 0 saturated heterocycles. The minimum Gasteiger partial charge on any atom is -0.167 e. The number of hydrogen-bond acceptors (Lipinski definition) is 0. The van der Waals surface area contributed by atoms with E-state index in [1.807, 2.05) is 0 Å². The number of hydrogen-bond donors (Lipinski definition) is 0. The molecule has 1 aliphatic carbocycles. The van der Waals surface area contributed by atoms with E-state index in [0.29, 0.717) is 6.08 Å². The lowest BCUT2D eigenvalue weighted by atomic mass is 9.89. The summed E-state index contributed by atoms with van der Waals surface area (Å²) in [6, 6.07) is 0. The van der Waals surface area contributed by atoms with E-state index in [2.05, 4.69) is 0 Å². The first-order valence-electron chi connectivity index (χ1n) is 4.34. The van der Waals surface area contributed by atoms with Gasteiger partial charge in [-0.05, 0) is 18.8 Å². The molecule has 0 nitrogen and oxygen atoms in total. The summed E-state index contributed by atoms with van der Waals surface area (Å²) >= 11 is 0. The summed E-state index contributed by atoms with van der Waals surface area (Å²) in [5.74, 6) is 0.167. The molecule has 0 N–H and O–H groups in total. The van der Waals surface area contributed by atoms with Crippen molar-refractivity contribution in [2.45, 2.75) is 38.3 Å². The van der Waals surface area contributed by atoms with Gasteiger partial charge in [-0.1, -0.05) is 25.3 Å². The molecular weight excluding hydrogens is 165 g/mol. The molecule has 0 radical (unpaired) electrons. The highest BCUT2D eigenvalue weighted by molar-refractivity contribution is 4.94. The normalized spacial score (nSPS) is 21.9. The van der Waals surface area contributed by atoms with E-state index < -0.39 is 6.18 Å². The fourth-order valence-electron chi connectivity index (χ4n) is 1.57. The summed E-state index contributed by atoms with van der Waals surface area (Å²) in [7, 11) is 0. The number of alkyl halides is 3. The summed E-state index contributed by atoms with van der Waals surface area (Å²) in [5.41, 5.74) is 0. The van der Waals surface area contributed by atoms with Gasteiger partial charge in [0.1, 0.15) is 0 Å². The Balaban J connectivity index is 2.33. The minimum absolute atomic E-state index is 0.167. The molecule has 1 fully saturated rings. The van der Waals surface area contributed by atoms with E-state index in [1.165, 1.54) is 12.5 Å². The maximum atomic E-state index is 11.7. The molecule has 1 saturated carbocycles. The van der Waals surface area contributed by atoms with Crippen LogP contribution in [0.2, 0.25) is 0 Å². The molecule has 0 heterocycles. The van der Waals surface area contributed by atoms with Gasteiger partial charge in [-0.15, -0.1) is 0 Å². The van der Waals surface area contributed by atoms with Gasteiger partial charge in [0.05, 0.1) is 0 Å². The van der Waals surface area contributed by atoms with Crippen molar-refractivity contribution in [1.29, 1.82) is 0 Å². The second-order valence-electron chi connectivity index (χ2n) is 3.30. The topological polar surface area (TPSA) is 0 Å². The van der Waals surface area contributed by atoms with E-state index in [-0.39, 0.29) is 5.92 Å². The largest absolute Gasteiger partial charge is 0.409 e. The Bertz CT molecular complexity index is 152. The highest BCUT2D eigenvalue weighted by Gasteiger charge is 2.23. The van der Waals surface area contributed by atoms with Crippen LogP contribution in [0.1, 0.15) is 32.1 Å². The highest BCUT2D eigenvalue weighted by atomic mass is 19.4. The Morgan fingerprint density at radius 1 is 1.00 bits per heavy atom. The van der Waals surface area contributed by atoms with Crippen LogP contribution >= 0.6 is 0 Å². The lowest BCUT2D eigenvalue weighted by molar-refractivity contribution is -0.0803. The van der Waals surface area contributed by atoms with Gasteiger partial charge in [0, 0.05) is 6.08 Å². The van der Waals surface area contributed by atoms with Gasteiger partial charge in [-0.25, -0.2) is 0 Å². The van der Waals surface area contributed by atoms with Crippen LogP contribution in [0.25, 0.3) is 0 Å². The molecule has 0 aliphatic heterocycles. The first-order valence-corrected chi connectivity index (χ1v) is 4.34. The average Bonchev–Trinajstić information content (AvgIpc) is 2.02. The van der Waals surface area contributed by atoms with Gasteiger partial charge in [-0.2, -0.15) is 13.2 Å². The van der Waals surface area contributed by atoms with E-state index in [4.69, 9.17) is 0 Å². The Labute approximate surface area is 70.5 Å². The number of allylic oxidation sites excluding steroid dienone is 2. The summed E-state index contributed by atoms with van der Waals surface area (Å²) < 4.78 is 35.2. The van der Waals surface area contributed by atoms with Crippen LogP contribution in [0.15, 0.2) is 12.2 Å². The van der Waals surface area contributed by atoms with E-state index >= 15 is 0 Å². The molecular formula is C9H13F3. The first kappa shape index (κ1) is 9.62. The monoisotopic (exact) mass is 178 g/mol. The molecule has 0 aromatic rings. The Morgan fingerprint density at radius 2 is 1.58 bits per heavy atom. The zero-order valence-corrected chi connectivity index (χ0v) is 6.90. The van der Waals surface area contributed by atoms with Gasteiger partial charge >= 0.3 is 6.18 Å². The fourth-order valence-corrected chi connectivity index (χ4v) is 1.57. The first-order chi connectivity index (χ1) is 5.58. The molecule has 0 bridgehead atoms. The number of rotatable bonds is 1. The van der Waals surface area contributed by atoms with Gasteiger partial charge < -0.3 is 0 Å². The maximum absolute atomic E-state index is 11.7. The predicted octanol–water partition coefficient (Wildman–Crippen LogP) is 3.69. The SMILES string of the molecule is FC(F)(F)/C=C/C1CCCCC1. The van der Waals surface area contributed by atoms with E-state index in [9.17, 15) is 13.2 Å². The van der Waals surface area contributed by atoms with E-state index in [0.717, 1.165) is 25.7 Å². The minimum atomic E-state index is -4.13. The molecule has 1 aliphatic rings. The third-order valence-electron chi connectivity index (χ3n) is 2.21. The van der Waals surface area contributed by atoms with Crippen molar-refractivity contribution in [2.24, 2.45) is 5.92 Å². The lowest BCUT2D eigenvalue weighted by Crippen LogP contribution is -2.06. The third kappa shape index (κ3) is 3.79.